The molecule has 0 saturated heterocycles. The van der Waals surface area contributed by atoms with Crippen molar-refractivity contribution in [2.45, 2.75) is 6.42 Å². The van der Waals surface area contributed by atoms with Gasteiger partial charge in [-0.15, -0.1) is 0 Å². The normalized spacial score (nSPS) is 8.52. The van der Waals surface area contributed by atoms with Crippen molar-refractivity contribution >= 4 is 46.2 Å². The van der Waals surface area contributed by atoms with E-state index in [0.29, 0.717) is 21.1 Å². The molecule has 0 aromatic heterocycles. The van der Waals surface area contributed by atoms with Crippen LogP contribution in [0.25, 0.3) is 0 Å². The van der Waals surface area contributed by atoms with E-state index in [2.05, 4.69) is 22.1 Å². The van der Waals surface area contributed by atoms with Crippen LogP contribution in [0.4, 0.5) is 0 Å². The minimum Gasteiger partial charge on any atom is -0.379 e. The molecule has 0 aliphatic heterocycles. The Morgan fingerprint density at radius 2 is 1.06 bits per heavy atom. The quantitative estimate of drug-likeness (QED) is 0.397. The van der Waals surface area contributed by atoms with E-state index >= 15 is 0 Å². The third-order valence-corrected chi connectivity index (χ3v) is 4.23. The molecule has 2 amide bonds. The van der Waals surface area contributed by atoms with Crippen LogP contribution >= 0.6 is 24.4 Å². The number of amides is 2. The Morgan fingerprint density at radius 1 is 0.774 bits per heavy atom. The van der Waals surface area contributed by atoms with Crippen LogP contribution in [0.15, 0.2) is 48.5 Å². The van der Waals surface area contributed by atoms with Gasteiger partial charge in [-0.25, -0.2) is 0 Å². The fourth-order valence-corrected chi connectivity index (χ4v) is 2.12. The Labute approximate surface area is 191 Å². The topological polar surface area (TPSA) is 158 Å². The summed E-state index contributed by atoms with van der Waals surface area (Å²) in [6.07, 6.45) is -0.361. The Hall–Kier alpha value is -3.86. The van der Waals surface area contributed by atoms with Crippen molar-refractivity contribution in [3.05, 3.63) is 70.8 Å². The number of nitrogens with zero attached hydrogens (tertiary/aromatic N) is 2. The summed E-state index contributed by atoms with van der Waals surface area (Å²) >= 11 is 10.0. The third-order valence-electron chi connectivity index (χ3n) is 3.35. The monoisotopic (exact) mass is 454 g/mol. The zero-order valence-electron chi connectivity index (χ0n) is 17.0. The predicted octanol–water partition coefficient (Wildman–Crippen LogP) is 1.25. The van der Waals surface area contributed by atoms with Crippen molar-refractivity contribution in [1.82, 2.24) is 10.6 Å². The number of hydrogen-bond donors (Lipinski definition) is 4. The van der Waals surface area contributed by atoms with Gasteiger partial charge in [0, 0.05) is 25.2 Å². The van der Waals surface area contributed by atoms with Crippen molar-refractivity contribution in [3.8, 4) is 12.1 Å². The van der Waals surface area contributed by atoms with Crippen LogP contribution in [0.1, 0.15) is 28.7 Å². The van der Waals surface area contributed by atoms with Crippen molar-refractivity contribution in [3.63, 3.8) is 0 Å². The van der Waals surface area contributed by atoms with Crippen LogP contribution in [0, 0.1) is 22.7 Å². The van der Waals surface area contributed by atoms with Gasteiger partial charge in [-0.2, -0.15) is 10.5 Å². The molecule has 160 valence electrons. The summed E-state index contributed by atoms with van der Waals surface area (Å²) in [4.78, 5) is 20.9. The van der Waals surface area contributed by atoms with Crippen LogP contribution in [-0.2, 0) is 9.59 Å². The number of thiocarbonyl (C=S) groups is 2. The van der Waals surface area contributed by atoms with Crippen molar-refractivity contribution in [1.29, 1.82) is 10.5 Å². The summed E-state index contributed by atoms with van der Waals surface area (Å²) in [5.74, 6) is -1.37. The molecule has 0 heterocycles. The Balaban J connectivity index is 0.000000454. The number of carbonyl (C=O) groups excluding carboxylic acids is 2. The van der Waals surface area contributed by atoms with E-state index in [0.717, 1.165) is 11.1 Å². The van der Waals surface area contributed by atoms with Crippen molar-refractivity contribution in [2.24, 2.45) is 11.5 Å². The molecule has 0 fully saturated rings. The Morgan fingerprint density at radius 3 is 1.23 bits per heavy atom. The Kier molecular flexibility index (Phi) is 13.2. The first-order valence-electron chi connectivity index (χ1n) is 8.69. The number of nitrogens with one attached hydrogen (secondary N) is 2. The number of rotatable bonds is 4. The molecule has 0 aliphatic carbocycles. The molecule has 0 atom stereocenters. The maximum atomic E-state index is 9.73. The zero-order valence-corrected chi connectivity index (χ0v) is 18.6. The molecule has 0 spiro atoms. The van der Waals surface area contributed by atoms with E-state index < -0.39 is 11.8 Å². The molecule has 0 aliphatic rings. The maximum Gasteiger partial charge on any atom is 0.226 e. The van der Waals surface area contributed by atoms with E-state index in [1.165, 1.54) is 0 Å². The molecule has 0 unspecified atom stereocenters. The first-order chi connectivity index (χ1) is 14.7. The zero-order chi connectivity index (χ0) is 23.8. The van der Waals surface area contributed by atoms with Gasteiger partial charge in [0.25, 0.3) is 0 Å². The molecule has 31 heavy (non-hydrogen) atoms. The fourth-order valence-electron chi connectivity index (χ4n) is 1.85. The van der Waals surface area contributed by atoms with Crippen LogP contribution in [-0.4, -0.2) is 35.9 Å². The van der Waals surface area contributed by atoms with Gasteiger partial charge < -0.3 is 22.1 Å². The highest BCUT2D eigenvalue weighted by molar-refractivity contribution is 7.81. The average Bonchev–Trinajstić information content (AvgIpc) is 2.78. The first kappa shape index (κ1) is 27.1. The smallest absolute Gasteiger partial charge is 0.226 e. The van der Waals surface area contributed by atoms with Gasteiger partial charge in [0.1, 0.15) is 16.4 Å². The largest absolute Gasteiger partial charge is 0.379 e. The summed E-state index contributed by atoms with van der Waals surface area (Å²) in [5, 5.41) is 22.8. The highest BCUT2D eigenvalue weighted by atomic mass is 32.1. The van der Waals surface area contributed by atoms with Crippen LogP contribution in [0.5, 0.6) is 0 Å². The number of hydrogen-bond acceptors (Lipinski definition) is 6. The highest BCUT2D eigenvalue weighted by Gasteiger charge is 1.98. The molecular formula is C21H22N6O2S2. The molecule has 6 N–H and O–H groups in total. The molecular weight excluding hydrogens is 432 g/mol. The predicted molar refractivity (Wildman–Crippen MR) is 127 cm³/mol. The third kappa shape index (κ3) is 11.7. The fraction of sp³-hybridized carbons (Fsp3) is 0.143. The SMILES string of the molecule is CNC(=S)c1ccc(C#N)cc1.CNC(=S)c1ccc(C#N)cc1.NC(=O)CC(N)=O. The van der Waals surface area contributed by atoms with E-state index in [4.69, 9.17) is 35.0 Å². The minimum atomic E-state index is -0.687. The van der Waals surface area contributed by atoms with Gasteiger partial charge in [-0.1, -0.05) is 48.7 Å². The second-order valence-electron chi connectivity index (χ2n) is 5.65. The van der Waals surface area contributed by atoms with Gasteiger partial charge in [-0.3, -0.25) is 9.59 Å². The van der Waals surface area contributed by atoms with Gasteiger partial charge in [-0.05, 0) is 24.3 Å². The second kappa shape index (κ2) is 15.0. The Bertz CT molecular complexity index is 909. The summed E-state index contributed by atoms with van der Waals surface area (Å²) in [6.45, 7) is 0. The van der Waals surface area contributed by atoms with E-state index in [-0.39, 0.29) is 6.42 Å². The molecule has 2 aromatic rings. The average molecular weight is 455 g/mol. The number of primary amides is 2. The lowest BCUT2D eigenvalue weighted by atomic mass is 10.1. The van der Waals surface area contributed by atoms with Crippen LogP contribution < -0.4 is 22.1 Å². The molecule has 10 heteroatoms. The standard InChI is InChI=1S/2C9H8N2S.C3H6N2O2/c2*1-11-9(12)8-4-2-7(6-10)3-5-8;4-2(6)1-3(5)7/h2*2-5H,1H3,(H,11,12);1H2,(H2,4,6)(H2,5,7). The van der Waals surface area contributed by atoms with Gasteiger partial charge in [0.05, 0.1) is 23.3 Å². The maximum absolute atomic E-state index is 9.73. The van der Waals surface area contributed by atoms with E-state index in [1.54, 1.807) is 38.4 Å². The number of nitrogens with two attached hydrogens (primary N) is 2. The summed E-state index contributed by atoms with van der Waals surface area (Å²) in [7, 11) is 3.56. The lowest BCUT2D eigenvalue weighted by molar-refractivity contribution is -0.125. The molecule has 0 saturated carbocycles. The van der Waals surface area contributed by atoms with Crippen LogP contribution in [0.2, 0.25) is 0 Å². The number of carbonyl (C=O) groups is 2. The van der Waals surface area contributed by atoms with Crippen molar-refractivity contribution in [2.75, 3.05) is 14.1 Å². The first-order valence-corrected chi connectivity index (χ1v) is 9.51. The molecule has 2 aromatic carbocycles. The summed E-state index contributed by atoms with van der Waals surface area (Å²) in [6, 6.07) is 18.4. The lowest BCUT2D eigenvalue weighted by Crippen LogP contribution is -2.21. The molecule has 0 radical (unpaired) electrons. The lowest BCUT2D eigenvalue weighted by Gasteiger charge is -2.01. The van der Waals surface area contributed by atoms with E-state index in [1.807, 2.05) is 36.4 Å². The number of benzene rings is 2. The van der Waals surface area contributed by atoms with Crippen LogP contribution in [0.3, 0.4) is 0 Å². The van der Waals surface area contributed by atoms with Crippen molar-refractivity contribution < 1.29 is 9.59 Å². The molecule has 0 bridgehead atoms. The van der Waals surface area contributed by atoms with Gasteiger partial charge in [0.15, 0.2) is 0 Å². The highest BCUT2D eigenvalue weighted by Crippen LogP contribution is 2.04. The van der Waals surface area contributed by atoms with Gasteiger partial charge in [0.2, 0.25) is 11.8 Å². The second-order valence-corrected chi connectivity index (χ2v) is 6.46. The summed E-state index contributed by atoms with van der Waals surface area (Å²) < 4.78 is 0. The molecule has 8 nitrogen and oxygen atoms in total. The molecule has 2 rings (SSSR count). The minimum absolute atomic E-state index is 0.361. The van der Waals surface area contributed by atoms with Gasteiger partial charge >= 0.3 is 0 Å². The van der Waals surface area contributed by atoms with E-state index in [9.17, 15) is 9.59 Å². The number of nitriles is 2. The summed E-state index contributed by atoms with van der Waals surface area (Å²) in [5.41, 5.74) is 12.3.